The van der Waals surface area contributed by atoms with Crippen LogP contribution < -0.4 is 10.1 Å². The number of carbonyl (C=O) groups is 3. The largest absolute Gasteiger partial charge is 0.454 e. The van der Waals surface area contributed by atoms with Crippen LogP contribution in [-0.2, 0) is 31.3 Å². The zero-order valence-electron chi connectivity index (χ0n) is 30.2. The Kier molecular flexibility index (Phi) is 12.6. The molecule has 1 aliphatic heterocycles. The Balaban J connectivity index is 1.13. The molecule has 1 saturated heterocycles. The minimum absolute atomic E-state index is 0.0339. The Labute approximate surface area is 317 Å². The van der Waals surface area contributed by atoms with Gasteiger partial charge >= 0.3 is 18.3 Å². The summed E-state index contributed by atoms with van der Waals surface area (Å²) in [5, 5.41) is 3.80. The third-order valence-corrected chi connectivity index (χ3v) is 10.9. The molecule has 2 fully saturated rings. The normalized spacial score (nSPS) is 16.1. The molecule has 2 aromatic carbocycles. The van der Waals surface area contributed by atoms with Crippen molar-refractivity contribution in [3.05, 3.63) is 76.1 Å². The number of halogens is 4. The number of hydrogen-bond donors (Lipinski definition) is 1. The summed E-state index contributed by atoms with van der Waals surface area (Å²) in [5.41, 5.74) is 0.766. The number of hydrogen-bond acceptors (Lipinski definition) is 11. The highest BCUT2D eigenvalue weighted by atomic mass is 35.5. The van der Waals surface area contributed by atoms with Crippen molar-refractivity contribution in [2.45, 2.75) is 83.0 Å². The van der Waals surface area contributed by atoms with Crippen LogP contribution >= 0.6 is 11.6 Å². The van der Waals surface area contributed by atoms with E-state index >= 15 is 0 Å². The molecule has 1 N–H and O–H groups in total. The second-order valence-corrected chi connectivity index (χ2v) is 17.3. The number of ketones is 2. The van der Waals surface area contributed by atoms with Gasteiger partial charge < -0.3 is 19.7 Å². The van der Waals surface area contributed by atoms with E-state index in [1.807, 2.05) is 12.1 Å². The van der Waals surface area contributed by atoms with Gasteiger partial charge in [-0.05, 0) is 76.1 Å². The van der Waals surface area contributed by atoms with Gasteiger partial charge in [-0.25, -0.2) is 13.2 Å². The Hall–Kier alpha value is -4.31. The van der Waals surface area contributed by atoms with E-state index in [2.05, 4.69) is 20.3 Å². The fraction of sp³-hybridized carbons (Fsp3) is 0.514. The van der Waals surface area contributed by atoms with E-state index < -0.39 is 63.3 Å². The zero-order valence-corrected chi connectivity index (χ0v) is 31.8. The van der Waals surface area contributed by atoms with Crippen LogP contribution in [0, 0.1) is 5.92 Å². The maximum absolute atomic E-state index is 12.9. The SMILES string of the molecule is CC(C)(C)OC(=O)N1CCC(C(=O)CS(=O)(=O)CCCC(=O)c2ccc(Cc3nc(NC4(c5ccc(Cl)cc5)CC4)nc(OCC(F)(F)F)n3)cc2)CC1. The summed E-state index contributed by atoms with van der Waals surface area (Å²) < 4.78 is 74.6. The molecule has 12 nitrogen and oxygen atoms in total. The standard InChI is InChI=1S/C37H43ClF3N5O7S/c1-35(2,3)53-34(49)46-18-14-26(15-19-46)30(48)22-54(50,51)20-4-5-29(47)25-8-6-24(7-9-25)21-31-42-32(44-33(43-31)52-23-37(39,40)41)45-36(16-17-36)27-10-12-28(38)13-11-27/h6-13,26H,4-5,14-23H2,1-3H3,(H,42,43,44,45). The lowest BCUT2D eigenvalue weighted by Crippen LogP contribution is -2.43. The second-order valence-electron chi connectivity index (χ2n) is 14.7. The average Bonchev–Trinajstić information content (AvgIpc) is 3.86. The molecule has 0 unspecified atom stereocenters. The molecule has 1 aromatic heterocycles. The number of piperidine rings is 1. The number of anilines is 1. The number of carbonyl (C=O) groups excluding carboxylic acids is 3. The topological polar surface area (TPSA) is 158 Å². The van der Waals surface area contributed by atoms with Gasteiger partial charge in [-0.1, -0.05) is 48.0 Å². The molecule has 0 bridgehead atoms. The summed E-state index contributed by atoms with van der Waals surface area (Å²) in [4.78, 5) is 52.1. The Bertz CT molecular complexity index is 1930. The molecule has 1 saturated carbocycles. The third-order valence-electron chi connectivity index (χ3n) is 8.99. The van der Waals surface area contributed by atoms with Crippen molar-refractivity contribution in [3.63, 3.8) is 0 Å². The van der Waals surface area contributed by atoms with Gasteiger partial charge in [-0.3, -0.25) is 9.59 Å². The highest BCUT2D eigenvalue weighted by molar-refractivity contribution is 7.92. The van der Waals surface area contributed by atoms with Gasteiger partial charge in [0.25, 0.3) is 0 Å². The van der Waals surface area contributed by atoms with Crippen molar-refractivity contribution >= 4 is 45.0 Å². The van der Waals surface area contributed by atoms with Crippen LogP contribution in [0.2, 0.25) is 5.02 Å². The summed E-state index contributed by atoms with van der Waals surface area (Å²) >= 11 is 6.03. The fourth-order valence-corrected chi connectivity index (χ4v) is 7.57. The second kappa shape index (κ2) is 16.6. The number of amides is 1. The number of alkyl halides is 3. The Morgan fingerprint density at radius 1 is 0.963 bits per heavy atom. The quantitative estimate of drug-likeness (QED) is 0.162. The van der Waals surface area contributed by atoms with E-state index in [9.17, 15) is 36.0 Å². The van der Waals surface area contributed by atoms with Crippen LogP contribution in [-0.4, -0.2) is 88.9 Å². The van der Waals surface area contributed by atoms with Gasteiger partial charge in [-0.2, -0.15) is 28.1 Å². The van der Waals surface area contributed by atoms with Crippen LogP contribution in [0.3, 0.4) is 0 Å². The highest BCUT2D eigenvalue weighted by Gasteiger charge is 2.45. The number of ether oxygens (including phenoxy) is 2. The lowest BCUT2D eigenvalue weighted by molar-refractivity contribution is -0.154. The number of aromatic nitrogens is 3. The van der Waals surface area contributed by atoms with Crippen LogP contribution in [0.5, 0.6) is 6.01 Å². The number of sulfone groups is 1. The number of nitrogens with one attached hydrogen (secondary N) is 1. The molecule has 0 atom stereocenters. The first-order valence-electron chi connectivity index (χ1n) is 17.6. The molecule has 5 rings (SSSR count). The Morgan fingerprint density at radius 2 is 1.61 bits per heavy atom. The monoisotopic (exact) mass is 793 g/mol. The number of likely N-dealkylation sites (tertiary alicyclic amines) is 1. The van der Waals surface area contributed by atoms with Crippen molar-refractivity contribution in [2.75, 3.05) is 36.5 Å². The first-order chi connectivity index (χ1) is 25.3. The first kappa shape index (κ1) is 40.9. The maximum atomic E-state index is 12.9. The number of nitrogens with zero attached hydrogens (tertiary/aromatic N) is 4. The van der Waals surface area contributed by atoms with Crippen molar-refractivity contribution in [1.29, 1.82) is 0 Å². The molecule has 2 aliphatic rings. The number of benzene rings is 2. The molecule has 2 heterocycles. The third kappa shape index (κ3) is 12.1. The Morgan fingerprint density at radius 3 is 2.20 bits per heavy atom. The van der Waals surface area contributed by atoms with Gasteiger partial charge in [0.15, 0.2) is 28.0 Å². The van der Waals surface area contributed by atoms with E-state index in [1.165, 1.54) is 4.90 Å². The summed E-state index contributed by atoms with van der Waals surface area (Å²) in [6.45, 7) is 4.32. The lowest BCUT2D eigenvalue weighted by atomic mass is 9.93. The molecule has 292 valence electrons. The van der Waals surface area contributed by atoms with Crippen molar-refractivity contribution in [2.24, 2.45) is 5.92 Å². The minimum Gasteiger partial charge on any atom is -0.454 e. The summed E-state index contributed by atoms with van der Waals surface area (Å²) in [6.07, 6.45) is -2.81. The average molecular weight is 794 g/mol. The van der Waals surface area contributed by atoms with E-state index in [0.29, 0.717) is 42.1 Å². The minimum atomic E-state index is -4.60. The molecule has 17 heteroatoms. The van der Waals surface area contributed by atoms with Crippen LogP contribution in [0.15, 0.2) is 48.5 Å². The molecule has 0 spiro atoms. The predicted molar refractivity (Wildman–Crippen MR) is 194 cm³/mol. The van der Waals surface area contributed by atoms with Crippen LogP contribution in [0.25, 0.3) is 0 Å². The van der Waals surface area contributed by atoms with Gasteiger partial charge in [0, 0.05) is 42.4 Å². The van der Waals surface area contributed by atoms with Gasteiger partial charge in [0.1, 0.15) is 17.2 Å². The zero-order chi connectivity index (χ0) is 39.3. The molecular weight excluding hydrogens is 751 g/mol. The van der Waals surface area contributed by atoms with E-state index in [1.54, 1.807) is 57.2 Å². The van der Waals surface area contributed by atoms with E-state index in [-0.39, 0.29) is 42.6 Å². The first-order valence-corrected chi connectivity index (χ1v) is 19.8. The number of Topliss-reactive ketones (excluding diaryl/α,β-unsaturated/α-hetero) is 2. The lowest BCUT2D eigenvalue weighted by Gasteiger charge is -2.32. The van der Waals surface area contributed by atoms with Crippen molar-refractivity contribution in [1.82, 2.24) is 19.9 Å². The number of rotatable bonds is 15. The molecular formula is C37H43ClF3N5O7S. The summed E-state index contributed by atoms with van der Waals surface area (Å²) in [6, 6.07) is 13.2. The molecule has 1 aliphatic carbocycles. The smallest absolute Gasteiger partial charge is 0.422 e. The van der Waals surface area contributed by atoms with Crippen molar-refractivity contribution < 1.29 is 45.4 Å². The van der Waals surface area contributed by atoms with Gasteiger partial charge in [-0.15, -0.1) is 0 Å². The molecule has 54 heavy (non-hydrogen) atoms. The van der Waals surface area contributed by atoms with Gasteiger partial charge in [0.2, 0.25) is 5.95 Å². The summed E-state index contributed by atoms with van der Waals surface area (Å²) in [7, 11) is -3.76. The fourth-order valence-electron chi connectivity index (χ4n) is 6.04. The predicted octanol–water partition coefficient (Wildman–Crippen LogP) is 6.75. The molecule has 1 amide bonds. The molecule has 3 aromatic rings. The van der Waals surface area contributed by atoms with E-state index in [4.69, 9.17) is 21.1 Å². The highest BCUT2D eigenvalue weighted by Crippen LogP contribution is 2.48. The maximum Gasteiger partial charge on any atom is 0.422 e. The van der Waals surface area contributed by atoms with Crippen LogP contribution in [0.4, 0.5) is 23.9 Å². The summed E-state index contributed by atoms with van der Waals surface area (Å²) in [5.74, 6) is -1.90. The van der Waals surface area contributed by atoms with Gasteiger partial charge in [0.05, 0.1) is 11.3 Å². The van der Waals surface area contributed by atoms with E-state index in [0.717, 1.165) is 18.4 Å². The van der Waals surface area contributed by atoms with Crippen LogP contribution in [0.1, 0.15) is 86.6 Å². The van der Waals surface area contributed by atoms with Crippen molar-refractivity contribution in [3.8, 4) is 6.01 Å². The molecule has 0 radical (unpaired) electrons.